The van der Waals surface area contributed by atoms with Crippen molar-refractivity contribution in [3.8, 4) is 11.5 Å². The van der Waals surface area contributed by atoms with Gasteiger partial charge in [-0.3, -0.25) is 9.52 Å². The highest BCUT2D eigenvalue weighted by Crippen LogP contribution is 2.25. The van der Waals surface area contributed by atoms with Gasteiger partial charge in [-0.15, -0.1) is 0 Å². The Morgan fingerprint density at radius 2 is 1.89 bits per heavy atom. The summed E-state index contributed by atoms with van der Waals surface area (Å²) in [6.07, 6.45) is 8.05. The normalized spacial score (nSPS) is 11.1. The molecule has 2 N–H and O–H groups in total. The van der Waals surface area contributed by atoms with Crippen molar-refractivity contribution < 1.29 is 32.6 Å². The maximum Gasteiger partial charge on any atom is 0.303 e. The highest BCUT2D eigenvalue weighted by atomic mass is 32.2. The molecule has 0 saturated carbocycles. The first kappa shape index (κ1) is 27.7. The first-order chi connectivity index (χ1) is 16.8. The molecule has 0 aromatic heterocycles. The van der Waals surface area contributed by atoms with E-state index < -0.39 is 16.0 Å². The Morgan fingerprint density at radius 1 is 1.11 bits per heavy atom. The van der Waals surface area contributed by atoms with Crippen LogP contribution in [0, 0.1) is 0 Å². The summed E-state index contributed by atoms with van der Waals surface area (Å²) in [5, 5.41) is 9.05. The molecule has 0 atom stereocenters. The molecule has 188 valence electrons. The summed E-state index contributed by atoms with van der Waals surface area (Å²) in [5.74, 6) is 1.70. The quantitative estimate of drug-likeness (QED) is 0.257. The number of carbonyl (C=O) groups excluding carboxylic acids is 1. The van der Waals surface area contributed by atoms with Crippen molar-refractivity contribution in [2.75, 3.05) is 24.2 Å². The number of hydrogen-bond donors (Lipinski definition) is 2. The maximum absolute atomic E-state index is 12.2. The van der Waals surface area contributed by atoms with Crippen LogP contribution < -0.4 is 14.2 Å². The molecule has 2 aromatic rings. The van der Waals surface area contributed by atoms with E-state index >= 15 is 0 Å². The fourth-order valence-corrected chi connectivity index (χ4v) is 4.22. The van der Waals surface area contributed by atoms with Gasteiger partial charge in [0, 0.05) is 18.2 Å². The molecule has 0 saturated heterocycles. The number of ether oxygens (including phenoxy) is 2. The number of rotatable bonds is 16. The molecule has 0 heterocycles. The van der Waals surface area contributed by atoms with E-state index in [1.54, 1.807) is 31.3 Å². The van der Waals surface area contributed by atoms with E-state index in [0.717, 1.165) is 36.7 Å². The summed E-state index contributed by atoms with van der Waals surface area (Å²) in [5.41, 5.74) is 2.03. The molecule has 0 spiro atoms. The molecular weight excluding hydrogens is 470 g/mol. The van der Waals surface area contributed by atoms with Crippen molar-refractivity contribution in [2.24, 2.45) is 0 Å². The number of anilines is 1. The molecule has 0 bridgehead atoms. The number of nitrogens with one attached hydrogen (secondary N) is 1. The highest BCUT2D eigenvalue weighted by molar-refractivity contribution is 7.92. The number of carboxylic acids is 1. The Hall–Kier alpha value is -3.55. The van der Waals surface area contributed by atoms with Gasteiger partial charge in [0.15, 0.2) is 0 Å². The zero-order valence-corrected chi connectivity index (χ0v) is 20.6. The molecule has 0 unspecified atom stereocenters. The van der Waals surface area contributed by atoms with Crippen molar-refractivity contribution in [1.82, 2.24) is 0 Å². The second-order valence-corrected chi connectivity index (χ2v) is 9.61. The van der Waals surface area contributed by atoms with Gasteiger partial charge in [0.25, 0.3) is 0 Å². The number of aliphatic carboxylic acids is 1. The minimum atomic E-state index is -3.65. The number of unbranched alkanes of at least 4 members (excludes halogenated alkanes) is 2. The lowest BCUT2D eigenvalue weighted by Crippen LogP contribution is -2.16. The van der Waals surface area contributed by atoms with Crippen molar-refractivity contribution in [3.05, 3.63) is 65.7 Å². The molecule has 0 amide bonds. The third kappa shape index (κ3) is 10.9. The van der Waals surface area contributed by atoms with E-state index in [4.69, 9.17) is 14.6 Å². The summed E-state index contributed by atoms with van der Waals surface area (Å²) in [7, 11) is -2.02. The number of sulfonamides is 1. The van der Waals surface area contributed by atoms with Gasteiger partial charge in [-0.05, 0) is 73.6 Å². The summed E-state index contributed by atoms with van der Waals surface area (Å²) >= 11 is 0. The van der Waals surface area contributed by atoms with E-state index in [2.05, 4.69) is 16.9 Å². The fourth-order valence-electron chi connectivity index (χ4n) is 3.21. The zero-order chi connectivity index (χ0) is 25.5. The van der Waals surface area contributed by atoms with Crippen LogP contribution in [-0.4, -0.2) is 44.9 Å². The van der Waals surface area contributed by atoms with Crippen LogP contribution in [0.2, 0.25) is 0 Å². The predicted octanol–water partition coefficient (Wildman–Crippen LogP) is 4.49. The smallest absolute Gasteiger partial charge is 0.303 e. The lowest BCUT2D eigenvalue weighted by Gasteiger charge is -2.14. The van der Waals surface area contributed by atoms with Crippen LogP contribution >= 0.6 is 0 Å². The summed E-state index contributed by atoms with van der Waals surface area (Å²) < 4.78 is 37.8. The molecule has 8 nitrogen and oxygen atoms in total. The van der Waals surface area contributed by atoms with Gasteiger partial charge in [-0.25, -0.2) is 13.2 Å². The van der Waals surface area contributed by atoms with Gasteiger partial charge < -0.3 is 14.6 Å². The first-order valence-electron chi connectivity index (χ1n) is 11.3. The molecule has 2 rings (SSSR count). The van der Waals surface area contributed by atoms with E-state index in [-0.39, 0.29) is 25.0 Å². The third-order valence-corrected chi connectivity index (χ3v) is 6.32. The lowest BCUT2D eigenvalue weighted by molar-refractivity contribution is -0.136. The Bertz CT molecular complexity index is 1130. The van der Waals surface area contributed by atoms with E-state index in [0.29, 0.717) is 23.6 Å². The number of aryl methyl sites for hydroxylation is 1. The molecule has 0 aliphatic carbocycles. The van der Waals surface area contributed by atoms with E-state index in [1.807, 2.05) is 24.3 Å². The van der Waals surface area contributed by atoms with Crippen LogP contribution in [0.1, 0.15) is 43.2 Å². The molecule has 0 fully saturated rings. The van der Waals surface area contributed by atoms with Gasteiger partial charge in [0.2, 0.25) is 10.0 Å². The predicted molar refractivity (Wildman–Crippen MR) is 136 cm³/mol. The third-order valence-electron chi connectivity index (χ3n) is 5.01. The maximum atomic E-state index is 12.2. The average Bonchev–Trinajstić information content (AvgIpc) is 2.83. The van der Waals surface area contributed by atoms with Crippen LogP contribution in [-0.2, 0) is 26.0 Å². The van der Waals surface area contributed by atoms with Gasteiger partial charge in [-0.2, -0.15) is 0 Å². The number of allylic oxidation sites excluding steroid dienone is 2. The number of carboxylic acid groups (broad SMARTS) is 1. The molecular formula is C26H31NO7S. The molecule has 0 aliphatic heterocycles. The van der Waals surface area contributed by atoms with Crippen molar-refractivity contribution >= 4 is 33.7 Å². The molecule has 0 radical (unpaired) electrons. The topological polar surface area (TPSA) is 119 Å². The fraction of sp³-hybridized carbons (Fsp3) is 0.346. The first-order valence-corrected chi connectivity index (χ1v) is 13.0. The second kappa shape index (κ2) is 14.7. The van der Waals surface area contributed by atoms with Gasteiger partial charge in [0.1, 0.15) is 17.4 Å². The van der Waals surface area contributed by atoms with Crippen molar-refractivity contribution in [1.29, 1.82) is 0 Å². The SMILES string of the molecule is COc1ccc(/C=C/CCCCOc2ccc(NS(=O)(=O)CCC=C=O)cc2CCC(=O)O)cc1. The van der Waals surface area contributed by atoms with Crippen LogP contribution in [0.3, 0.4) is 0 Å². The molecule has 0 aliphatic rings. The minimum absolute atomic E-state index is 0.0567. The van der Waals surface area contributed by atoms with Crippen LogP contribution in [0.4, 0.5) is 5.69 Å². The number of methoxy groups -OCH3 is 1. The van der Waals surface area contributed by atoms with E-state index in [9.17, 15) is 18.0 Å². The highest BCUT2D eigenvalue weighted by Gasteiger charge is 2.13. The molecule has 9 heteroatoms. The van der Waals surface area contributed by atoms with Gasteiger partial charge in [0.05, 0.1) is 19.5 Å². The van der Waals surface area contributed by atoms with Gasteiger partial charge in [-0.1, -0.05) is 24.3 Å². The van der Waals surface area contributed by atoms with Crippen LogP contribution in [0.25, 0.3) is 6.08 Å². The number of benzene rings is 2. The number of carbonyl (C=O) groups is 1. The monoisotopic (exact) mass is 501 g/mol. The largest absolute Gasteiger partial charge is 0.497 e. The Morgan fingerprint density at radius 3 is 2.57 bits per heavy atom. The summed E-state index contributed by atoms with van der Waals surface area (Å²) in [6.45, 7) is 0.458. The van der Waals surface area contributed by atoms with Gasteiger partial charge >= 0.3 is 5.97 Å². The standard InChI is InChI=1S/C26H31NO7S/c1-33-24-13-9-21(10-14-24)8-4-2-3-6-18-34-25-15-12-23(20-22(25)11-16-26(29)30)27-35(31,32)19-7-5-17-28/h4-5,8-10,12-15,20,27H,2-3,6-7,11,16,18-19H2,1H3,(H,29,30)/b8-4+. The summed E-state index contributed by atoms with van der Waals surface area (Å²) in [4.78, 5) is 21.3. The average molecular weight is 502 g/mol. The molecule has 2 aromatic carbocycles. The zero-order valence-electron chi connectivity index (χ0n) is 19.7. The Balaban J connectivity index is 1.88. The Labute approximate surface area is 206 Å². The van der Waals surface area contributed by atoms with Crippen LogP contribution in [0.5, 0.6) is 11.5 Å². The summed E-state index contributed by atoms with van der Waals surface area (Å²) in [6, 6.07) is 12.6. The lowest BCUT2D eigenvalue weighted by atomic mass is 10.1. The van der Waals surface area contributed by atoms with Crippen LogP contribution in [0.15, 0.2) is 54.6 Å². The second-order valence-electron chi connectivity index (χ2n) is 7.77. The van der Waals surface area contributed by atoms with Crippen molar-refractivity contribution in [2.45, 2.75) is 38.5 Å². The minimum Gasteiger partial charge on any atom is -0.497 e. The van der Waals surface area contributed by atoms with E-state index in [1.165, 1.54) is 0 Å². The number of hydrogen-bond acceptors (Lipinski definition) is 6. The van der Waals surface area contributed by atoms with Crippen molar-refractivity contribution in [3.63, 3.8) is 0 Å². The molecule has 35 heavy (non-hydrogen) atoms. The Kier molecular flexibility index (Phi) is 11.6.